The smallest absolute Gasteiger partial charge is 0.228 e. The Bertz CT molecular complexity index is 901. The van der Waals surface area contributed by atoms with Crippen LogP contribution in [0.1, 0.15) is 37.3 Å². The van der Waals surface area contributed by atoms with Gasteiger partial charge in [-0.25, -0.2) is 0 Å². The molecule has 0 aliphatic carbocycles. The molecule has 0 atom stereocenters. The Kier molecular flexibility index (Phi) is 4.68. The van der Waals surface area contributed by atoms with Crippen LogP contribution >= 0.6 is 23.2 Å². The van der Waals surface area contributed by atoms with E-state index in [2.05, 4.69) is 11.0 Å². The Morgan fingerprint density at radius 3 is 2.27 bits per heavy atom. The quantitative estimate of drug-likeness (QED) is 0.601. The molecule has 1 amide bonds. The molecule has 2 aromatic rings. The van der Waals surface area contributed by atoms with Crippen molar-refractivity contribution in [2.24, 2.45) is 0 Å². The molecule has 26 heavy (non-hydrogen) atoms. The zero-order valence-electron chi connectivity index (χ0n) is 14.6. The van der Waals surface area contributed by atoms with Crippen LogP contribution in [0, 0.1) is 0 Å². The minimum Gasteiger partial charge on any atom is -0.371 e. The van der Waals surface area contributed by atoms with Crippen LogP contribution < -0.4 is 4.90 Å². The second-order valence-electron chi connectivity index (χ2n) is 6.80. The summed E-state index contributed by atoms with van der Waals surface area (Å²) < 4.78 is 0. The third kappa shape index (κ3) is 3.10. The summed E-state index contributed by atoms with van der Waals surface area (Å²) in [5.74, 6) is -0.0645. The zero-order chi connectivity index (χ0) is 18.3. The summed E-state index contributed by atoms with van der Waals surface area (Å²) in [4.78, 5) is 16.7. The molecule has 3 nitrogen and oxygen atoms in total. The third-order valence-electron chi connectivity index (χ3n) is 5.01. The van der Waals surface area contributed by atoms with E-state index in [0.29, 0.717) is 10.0 Å². The summed E-state index contributed by atoms with van der Waals surface area (Å²) >= 11 is 12.5. The number of halogens is 2. The van der Waals surface area contributed by atoms with Gasteiger partial charge in [-0.05, 0) is 55.7 Å². The summed E-state index contributed by atoms with van der Waals surface area (Å²) in [6.07, 6.45) is 5.81. The van der Waals surface area contributed by atoms with Crippen LogP contribution in [-0.4, -0.2) is 23.9 Å². The topological polar surface area (TPSA) is 23.6 Å². The maximum atomic E-state index is 12.6. The van der Waals surface area contributed by atoms with Gasteiger partial charge in [0.05, 0.1) is 11.4 Å². The van der Waals surface area contributed by atoms with Gasteiger partial charge >= 0.3 is 0 Å². The predicted molar refractivity (Wildman–Crippen MR) is 109 cm³/mol. The first kappa shape index (κ1) is 17.4. The average Bonchev–Trinajstić information content (AvgIpc) is 2.76. The number of carbonyl (C=O) groups is 1. The van der Waals surface area contributed by atoms with Gasteiger partial charge in [0.2, 0.25) is 5.91 Å². The molecule has 0 saturated carbocycles. The summed E-state index contributed by atoms with van der Waals surface area (Å²) in [6, 6.07) is 11.5. The number of anilines is 2. The van der Waals surface area contributed by atoms with E-state index in [-0.39, 0.29) is 5.91 Å². The molecular weight excluding hydrogens is 367 g/mol. The van der Waals surface area contributed by atoms with Crippen LogP contribution in [0.5, 0.6) is 0 Å². The van der Waals surface area contributed by atoms with Crippen LogP contribution in [0.25, 0.3) is 11.8 Å². The molecule has 4 rings (SSSR count). The Hall–Kier alpha value is -1.97. The number of benzene rings is 2. The second kappa shape index (κ2) is 6.98. The van der Waals surface area contributed by atoms with E-state index in [1.165, 1.54) is 19.3 Å². The van der Waals surface area contributed by atoms with Gasteiger partial charge in [-0.15, -0.1) is 0 Å². The molecule has 0 spiro atoms. The van der Waals surface area contributed by atoms with E-state index < -0.39 is 0 Å². The summed E-state index contributed by atoms with van der Waals surface area (Å²) in [5, 5.41) is 1.21. The molecule has 0 N–H and O–H groups in total. The highest BCUT2D eigenvalue weighted by atomic mass is 35.5. The van der Waals surface area contributed by atoms with Gasteiger partial charge in [-0.3, -0.25) is 9.69 Å². The SMILES string of the molecule is CC(=O)N1c2cc(Cl)ccc2C=C(N2CCCCC2)c2ccc(Cl)cc21. The van der Waals surface area contributed by atoms with E-state index in [4.69, 9.17) is 23.2 Å². The molecule has 2 aliphatic heterocycles. The van der Waals surface area contributed by atoms with Crippen molar-refractivity contribution in [3.8, 4) is 0 Å². The van der Waals surface area contributed by atoms with Gasteiger partial charge in [-0.1, -0.05) is 29.3 Å². The van der Waals surface area contributed by atoms with Crippen LogP contribution in [0.3, 0.4) is 0 Å². The minimum atomic E-state index is -0.0645. The normalized spacial score (nSPS) is 16.5. The molecule has 0 aromatic heterocycles. The van der Waals surface area contributed by atoms with Gasteiger partial charge in [0.25, 0.3) is 0 Å². The highest BCUT2D eigenvalue weighted by Gasteiger charge is 2.28. The monoisotopic (exact) mass is 386 g/mol. The van der Waals surface area contributed by atoms with E-state index in [1.807, 2.05) is 36.4 Å². The number of fused-ring (bicyclic) bond motifs is 2. The van der Waals surface area contributed by atoms with Gasteiger partial charge in [-0.2, -0.15) is 0 Å². The lowest BCUT2D eigenvalue weighted by molar-refractivity contribution is -0.115. The minimum absolute atomic E-state index is 0.0645. The van der Waals surface area contributed by atoms with Gasteiger partial charge in [0, 0.05) is 46.9 Å². The fourth-order valence-electron chi connectivity index (χ4n) is 3.83. The van der Waals surface area contributed by atoms with Crippen molar-refractivity contribution in [3.63, 3.8) is 0 Å². The molecule has 1 saturated heterocycles. The van der Waals surface area contributed by atoms with E-state index in [1.54, 1.807) is 11.8 Å². The van der Waals surface area contributed by atoms with E-state index in [0.717, 1.165) is 41.3 Å². The van der Waals surface area contributed by atoms with Crippen molar-refractivity contribution < 1.29 is 4.79 Å². The summed E-state index contributed by atoms with van der Waals surface area (Å²) in [7, 11) is 0. The Morgan fingerprint density at radius 1 is 0.923 bits per heavy atom. The lowest BCUT2D eigenvalue weighted by Crippen LogP contribution is -2.29. The average molecular weight is 387 g/mol. The van der Waals surface area contributed by atoms with Crippen LogP contribution in [0.4, 0.5) is 11.4 Å². The number of likely N-dealkylation sites (tertiary alicyclic amines) is 1. The molecule has 5 heteroatoms. The maximum absolute atomic E-state index is 12.6. The highest BCUT2D eigenvalue weighted by Crippen LogP contribution is 2.43. The number of hydrogen-bond donors (Lipinski definition) is 0. The standard InChI is InChI=1S/C21H20Cl2N2O/c1-14(26)25-19-12-16(22)6-5-15(19)11-20(24-9-3-2-4-10-24)18-8-7-17(23)13-21(18)25/h5-8,11-13H,2-4,9-10H2,1H3. The van der Waals surface area contributed by atoms with Crippen LogP contribution in [0.15, 0.2) is 36.4 Å². The zero-order valence-corrected chi connectivity index (χ0v) is 16.1. The van der Waals surface area contributed by atoms with E-state index in [9.17, 15) is 4.79 Å². The number of rotatable bonds is 1. The Labute approximate surface area is 163 Å². The lowest BCUT2D eigenvalue weighted by atomic mass is 10.0. The largest absolute Gasteiger partial charge is 0.371 e. The van der Waals surface area contributed by atoms with Crippen LogP contribution in [-0.2, 0) is 4.79 Å². The molecule has 2 aliphatic rings. The number of amides is 1. The van der Waals surface area contributed by atoms with E-state index >= 15 is 0 Å². The van der Waals surface area contributed by atoms with Gasteiger partial charge in [0.1, 0.15) is 0 Å². The third-order valence-corrected chi connectivity index (χ3v) is 5.48. The number of nitrogens with zero attached hydrogens (tertiary/aromatic N) is 2. The molecule has 134 valence electrons. The fourth-order valence-corrected chi connectivity index (χ4v) is 4.16. The summed E-state index contributed by atoms with van der Waals surface area (Å²) in [5.41, 5.74) is 4.75. The molecule has 0 bridgehead atoms. The molecule has 0 radical (unpaired) electrons. The Balaban J connectivity index is 1.99. The van der Waals surface area contributed by atoms with Crippen molar-refractivity contribution >= 4 is 52.3 Å². The van der Waals surface area contributed by atoms with Gasteiger partial charge < -0.3 is 4.90 Å². The lowest BCUT2D eigenvalue weighted by Gasteiger charge is -2.32. The van der Waals surface area contributed by atoms with Gasteiger partial charge in [0.15, 0.2) is 0 Å². The molecule has 2 aromatic carbocycles. The number of carbonyl (C=O) groups excluding carboxylic acids is 1. The summed E-state index contributed by atoms with van der Waals surface area (Å²) in [6.45, 7) is 3.62. The molecule has 1 fully saturated rings. The first-order chi connectivity index (χ1) is 12.5. The van der Waals surface area contributed by atoms with Crippen molar-refractivity contribution in [3.05, 3.63) is 57.6 Å². The van der Waals surface area contributed by atoms with Crippen molar-refractivity contribution in [2.45, 2.75) is 26.2 Å². The Morgan fingerprint density at radius 2 is 1.58 bits per heavy atom. The van der Waals surface area contributed by atoms with Crippen molar-refractivity contribution in [1.82, 2.24) is 4.90 Å². The predicted octanol–water partition coefficient (Wildman–Crippen LogP) is 5.98. The van der Waals surface area contributed by atoms with Crippen LogP contribution in [0.2, 0.25) is 10.0 Å². The van der Waals surface area contributed by atoms with Crippen molar-refractivity contribution in [2.75, 3.05) is 18.0 Å². The number of hydrogen-bond acceptors (Lipinski definition) is 2. The number of piperidine rings is 1. The molecule has 0 unspecified atom stereocenters. The molecular formula is C21H20Cl2N2O. The second-order valence-corrected chi connectivity index (χ2v) is 7.67. The maximum Gasteiger partial charge on any atom is 0.228 e. The highest BCUT2D eigenvalue weighted by molar-refractivity contribution is 6.32. The first-order valence-electron chi connectivity index (χ1n) is 8.91. The van der Waals surface area contributed by atoms with Crippen molar-refractivity contribution in [1.29, 1.82) is 0 Å². The fraction of sp³-hybridized carbons (Fsp3) is 0.286. The molecule has 2 heterocycles. The first-order valence-corrected chi connectivity index (χ1v) is 9.67.